The Hall–Kier alpha value is -2.07. The Balaban J connectivity index is 1.57. The predicted molar refractivity (Wildman–Crippen MR) is 88.0 cm³/mol. The Labute approximate surface area is 152 Å². The molecule has 0 radical (unpaired) electrons. The zero-order chi connectivity index (χ0) is 18.9. The first-order chi connectivity index (χ1) is 12.3. The molecular formula is C15H17ClF3N5O2. The zero-order valence-corrected chi connectivity index (χ0v) is 14.5. The van der Waals surface area contributed by atoms with Crippen LogP contribution in [0.3, 0.4) is 0 Å². The minimum absolute atomic E-state index is 0.0573. The van der Waals surface area contributed by atoms with E-state index in [1.165, 1.54) is 4.90 Å². The van der Waals surface area contributed by atoms with Crippen molar-refractivity contribution in [1.29, 1.82) is 0 Å². The molecule has 3 rings (SSSR count). The van der Waals surface area contributed by atoms with Gasteiger partial charge < -0.3 is 10.2 Å². The first kappa shape index (κ1) is 18.7. The van der Waals surface area contributed by atoms with E-state index >= 15 is 0 Å². The third-order valence-electron chi connectivity index (χ3n) is 4.34. The Morgan fingerprint density at radius 1 is 1.23 bits per heavy atom. The number of nitrogens with zero attached hydrogens (tertiary/aromatic N) is 4. The molecule has 142 valence electrons. The molecule has 1 N–H and O–H groups in total. The van der Waals surface area contributed by atoms with Crippen LogP contribution in [0.5, 0.6) is 0 Å². The van der Waals surface area contributed by atoms with E-state index in [0.29, 0.717) is 45.1 Å². The number of piperazine rings is 1. The van der Waals surface area contributed by atoms with Gasteiger partial charge in [0.05, 0.1) is 17.1 Å². The molecule has 0 saturated carbocycles. The fraction of sp³-hybridized carbons (Fsp3) is 0.533. The monoisotopic (exact) mass is 391 g/mol. The first-order valence-electron chi connectivity index (χ1n) is 8.04. The van der Waals surface area contributed by atoms with Crippen molar-refractivity contribution < 1.29 is 22.8 Å². The van der Waals surface area contributed by atoms with Crippen molar-refractivity contribution in [3.63, 3.8) is 0 Å². The van der Waals surface area contributed by atoms with E-state index in [1.54, 1.807) is 4.90 Å². The summed E-state index contributed by atoms with van der Waals surface area (Å²) in [5.41, 5.74) is -0.889. The maximum Gasteiger partial charge on any atom is 0.417 e. The maximum absolute atomic E-state index is 12.7. The van der Waals surface area contributed by atoms with Crippen molar-refractivity contribution in [2.24, 2.45) is 0 Å². The average molecular weight is 392 g/mol. The highest BCUT2D eigenvalue weighted by atomic mass is 35.5. The number of alkyl halides is 3. The molecule has 0 atom stereocenters. The SMILES string of the molecule is O=C(CN1CCN(c2ncc(C(F)(F)F)cc2Cl)CC1)N1CCNC1=O. The molecule has 0 spiro atoms. The number of imide groups is 1. The number of pyridine rings is 1. The van der Waals surface area contributed by atoms with Gasteiger partial charge in [0, 0.05) is 45.5 Å². The molecule has 7 nitrogen and oxygen atoms in total. The molecule has 2 aliphatic rings. The number of amides is 3. The van der Waals surface area contributed by atoms with E-state index in [1.807, 2.05) is 4.90 Å². The highest BCUT2D eigenvalue weighted by Crippen LogP contribution is 2.33. The lowest BCUT2D eigenvalue weighted by molar-refractivity contribution is -0.137. The maximum atomic E-state index is 12.7. The zero-order valence-electron chi connectivity index (χ0n) is 13.7. The van der Waals surface area contributed by atoms with E-state index in [9.17, 15) is 22.8 Å². The van der Waals surface area contributed by atoms with Crippen LogP contribution in [0.2, 0.25) is 5.02 Å². The third-order valence-corrected chi connectivity index (χ3v) is 4.62. The second-order valence-electron chi connectivity index (χ2n) is 6.07. The molecule has 2 aliphatic heterocycles. The first-order valence-corrected chi connectivity index (χ1v) is 8.42. The van der Waals surface area contributed by atoms with E-state index < -0.39 is 11.7 Å². The predicted octanol–water partition coefficient (Wildman–Crippen LogP) is 1.43. The largest absolute Gasteiger partial charge is 0.417 e. The van der Waals surface area contributed by atoms with Gasteiger partial charge in [-0.15, -0.1) is 0 Å². The number of aromatic nitrogens is 1. The molecule has 0 bridgehead atoms. The number of halogens is 4. The molecule has 2 saturated heterocycles. The minimum Gasteiger partial charge on any atom is -0.353 e. The number of rotatable bonds is 3. The highest BCUT2D eigenvalue weighted by Gasteiger charge is 2.33. The summed E-state index contributed by atoms with van der Waals surface area (Å²) in [5, 5.41) is 2.52. The summed E-state index contributed by atoms with van der Waals surface area (Å²) in [4.78, 5) is 32.3. The summed E-state index contributed by atoms with van der Waals surface area (Å²) in [6.07, 6.45) is -3.72. The smallest absolute Gasteiger partial charge is 0.353 e. The number of carbonyl (C=O) groups excluding carboxylic acids is 2. The molecule has 11 heteroatoms. The molecule has 3 heterocycles. The van der Waals surface area contributed by atoms with Gasteiger partial charge in [0.15, 0.2) is 0 Å². The van der Waals surface area contributed by atoms with Gasteiger partial charge in [-0.25, -0.2) is 9.78 Å². The average Bonchev–Trinajstić information content (AvgIpc) is 3.01. The van der Waals surface area contributed by atoms with Gasteiger partial charge >= 0.3 is 12.2 Å². The summed E-state index contributed by atoms with van der Waals surface area (Å²) in [6, 6.07) is 0.487. The van der Waals surface area contributed by atoms with Crippen molar-refractivity contribution in [2.45, 2.75) is 6.18 Å². The summed E-state index contributed by atoms with van der Waals surface area (Å²) in [7, 11) is 0. The molecule has 0 aromatic carbocycles. The van der Waals surface area contributed by atoms with Crippen LogP contribution in [0.15, 0.2) is 12.3 Å². The number of anilines is 1. The highest BCUT2D eigenvalue weighted by molar-refractivity contribution is 6.33. The molecule has 3 amide bonds. The van der Waals surface area contributed by atoms with Gasteiger partial charge in [0.25, 0.3) is 0 Å². The summed E-state index contributed by atoms with van der Waals surface area (Å²) < 4.78 is 38.1. The van der Waals surface area contributed by atoms with Crippen molar-refractivity contribution in [2.75, 3.05) is 50.7 Å². The lowest BCUT2D eigenvalue weighted by Gasteiger charge is -2.35. The second-order valence-corrected chi connectivity index (χ2v) is 6.47. The Morgan fingerprint density at radius 2 is 1.92 bits per heavy atom. The van der Waals surface area contributed by atoms with E-state index in [4.69, 9.17) is 11.6 Å². The molecule has 0 unspecified atom stereocenters. The van der Waals surface area contributed by atoms with Gasteiger partial charge in [-0.2, -0.15) is 13.2 Å². The molecule has 0 aliphatic carbocycles. The molecule has 1 aromatic rings. The second kappa shape index (κ2) is 7.28. The number of carbonyl (C=O) groups is 2. The Kier molecular flexibility index (Phi) is 5.24. The number of hydrogen-bond donors (Lipinski definition) is 1. The van der Waals surface area contributed by atoms with Crippen LogP contribution < -0.4 is 10.2 Å². The summed E-state index contributed by atoms with van der Waals surface area (Å²) in [6.45, 7) is 2.91. The quantitative estimate of drug-likeness (QED) is 0.844. The fourth-order valence-electron chi connectivity index (χ4n) is 2.92. The van der Waals surface area contributed by atoms with Crippen molar-refractivity contribution >= 4 is 29.4 Å². The minimum atomic E-state index is -4.49. The van der Waals surface area contributed by atoms with Crippen LogP contribution in [0, 0.1) is 0 Å². The number of hydrogen-bond acceptors (Lipinski definition) is 5. The molecule has 26 heavy (non-hydrogen) atoms. The Bertz CT molecular complexity index is 707. The van der Waals surface area contributed by atoms with Gasteiger partial charge in [0.1, 0.15) is 5.82 Å². The normalized spacial score (nSPS) is 19.0. The van der Waals surface area contributed by atoms with E-state index in [0.717, 1.165) is 12.3 Å². The standard InChI is InChI=1S/C15H17ClF3N5O2/c16-11-7-10(15(17,18)19)8-21-13(11)23-5-3-22(4-6-23)9-12(25)24-2-1-20-14(24)26/h7-8H,1-6,9H2,(H,20,26). The van der Waals surface area contributed by atoms with Gasteiger partial charge in [-0.3, -0.25) is 14.6 Å². The van der Waals surface area contributed by atoms with E-state index in [-0.39, 0.29) is 23.5 Å². The molecule has 2 fully saturated rings. The Morgan fingerprint density at radius 3 is 2.46 bits per heavy atom. The fourth-order valence-corrected chi connectivity index (χ4v) is 3.21. The van der Waals surface area contributed by atoms with Crippen LogP contribution in [0.25, 0.3) is 0 Å². The number of nitrogens with one attached hydrogen (secondary N) is 1. The van der Waals surface area contributed by atoms with Gasteiger partial charge in [-0.1, -0.05) is 11.6 Å². The van der Waals surface area contributed by atoms with Crippen LogP contribution >= 0.6 is 11.6 Å². The van der Waals surface area contributed by atoms with Gasteiger partial charge in [0.2, 0.25) is 5.91 Å². The van der Waals surface area contributed by atoms with Gasteiger partial charge in [-0.05, 0) is 6.07 Å². The molecular weight excluding hydrogens is 375 g/mol. The van der Waals surface area contributed by atoms with E-state index in [2.05, 4.69) is 10.3 Å². The van der Waals surface area contributed by atoms with Crippen LogP contribution in [-0.2, 0) is 11.0 Å². The summed E-state index contributed by atoms with van der Waals surface area (Å²) >= 11 is 5.97. The molecule has 1 aromatic heterocycles. The lowest BCUT2D eigenvalue weighted by Crippen LogP contribution is -2.50. The topological polar surface area (TPSA) is 68.8 Å². The number of urea groups is 1. The van der Waals surface area contributed by atoms with Crippen molar-refractivity contribution in [3.8, 4) is 0 Å². The van der Waals surface area contributed by atoms with Crippen LogP contribution in [0.1, 0.15) is 5.56 Å². The van der Waals surface area contributed by atoms with Crippen LogP contribution in [0.4, 0.5) is 23.8 Å². The summed E-state index contributed by atoms with van der Waals surface area (Å²) in [5.74, 6) is 0.0312. The van der Waals surface area contributed by atoms with Crippen molar-refractivity contribution in [1.82, 2.24) is 20.1 Å². The van der Waals surface area contributed by atoms with Crippen molar-refractivity contribution in [3.05, 3.63) is 22.8 Å². The lowest BCUT2D eigenvalue weighted by atomic mass is 10.2. The third kappa shape index (κ3) is 4.01. The van der Waals surface area contributed by atoms with Crippen LogP contribution in [-0.4, -0.2) is 72.5 Å².